The van der Waals surface area contributed by atoms with Crippen molar-refractivity contribution in [3.63, 3.8) is 0 Å². The number of nitrogens with zero attached hydrogens (tertiary/aromatic N) is 2. The predicted molar refractivity (Wildman–Crippen MR) is 67.3 cm³/mol. The largest absolute Gasteiger partial charge is 0.364 e. The van der Waals surface area contributed by atoms with E-state index in [4.69, 9.17) is 5.73 Å². The van der Waals surface area contributed by atoms with Crippen molar-refractivity contribution in [2.24, 2.45) is 5.73 Å². The van der Waals surface area contributed by atoms with Gasteiger partial charge in [-0.1, -0.05) is 30.3 Å². The first-order valence-electron chi connectivity index (χ1n) is 5.50. The molecule has 1 aromatic heterocycles. The van der Waals surface area contributed by atoms with Crippen molar-refractivity contribution in [1.82, 2.24) is 9.78 Å². The van der Waals surface area contributed by atoms with Crippen LogP contribution in [-0.2, 0) is 6.54 Å². The summed E-state index contributed by atoms with van der Waals surface area (Å²) in [6, 6.07) is 10.8. The Morgan fingerprint density at radius 1 is 1.33 bits per heavy atom. The number of hydrogen-bond donors (Lipinski definition) is 1. The molecule has 0 fully saturated rings. The molecule has 0 atom stereocenters. The average molecular weight is 243 g/mol. The van der Waals surface area contributed by atoms with Crippen molar-refractivity contribution < 1.29 is 4.79 Å². The van der Waals surface area contributed by atoms with Crippen molar-refractivity contribution >= 4 is 5.91 Å². The molecule has 0 spiro atoms. The molecular weight excluding hydrogens is 230 g/mol. The zero-order chi connectivity index (χ0) is 13.1. The number of nitrogens with two attached hydrogens (primary N) is 1. The topological polar surface area (TPSA) is 78.0 Å². The van der Waals surface area contributed by atoms with Crippen LogP contribution >= 0.6 is 0 Å². The highest BCUT2D eigenvalue weighted by atomic mass is 16.1. The van der Waals surface area contributed by atoms with Crippen molar-refractivity contribution in [2.45, 2.75) is 13.5 Å². The van der Waals surface area contributed by atoms with Crippen LogP contribution in [-0.4, -0.2) is 15.7 Å². The highest BCUT2D eigenvalue weighted by Gasteiger charge is 2.09. The van der Waals surface area contributed by atoms with Crippen LogP contribution in [0.4, 0.5) is 0 Å². The summed E-state index contributed by atoms with van der Waals surface area (Å²) >= 11 is 0. The maximum atomic E-state index is 11.9. The highest BCUT2D eigenvalue weighted by Crippen LogP contribution is 2.01. The molecule has 1 amide bonds. The van der Waals surface area contributed by atoms with Crippen LogP contribution in [0, 0.1) is 6.92 Å². The fourth-order valence-corrected chi connectivity index (χ4v) is 1.66. The SMILES string of the molecule is Cc1cc(C(N)=O)nn(Cc2ccccc2)c1=O. The summed E-state index contributed by atoms with van der Waals surface area (Å²) in [6.07, 6.45) is 0. The van der Waals surface area contributed by atoms with Gasteiger partial charge in [0.05, 0.1) is 6.54 Å². The van der Waals surface area contributed by atoms with Gasteiger partial charge in [-0.3, -0.25) is 9.59 Å². The standard InChI is InChI=1S/C13H13N3O2/c1-9-7-11(12(14)17)15-16(13(9)18)8-10-5-3-2-4-6-10/h2-7H,8H2,1H3,(H2,14,17). The van der Waals surface area contributed by atoms with Gasteiger partial charge in [0, 0.05) is 5.56 Å². The van der Waals surface area contributed by atoms with Gasteiger partial charge >= 0.3 is 0 Å². The molecule has 2 N–H and O–H groups in total. The van der Waals surface area contributed by atoms with E-state index in [9.17, 15) is 9.59 Å². The maximum Gasteiger partial charge on any atom is 0.270 e. The summed E-state index contributed by atoms with van der Waals surface area (Å²) in [7, 11) is 0. The molecule has 0 aliphatic carbocycles. The van der Waals surface area contributed by atoms with Crippen molar-refractivity contribution in [3.05, 3.63) is 63.6 Å². The molecule has 5 heteroatoms. The quantitative estimate of drug-likeness (QED) is 0.861. The second-order valence-electron chi connectivity index (χ2n) is 4.03. The van der Waals surface area contributed by atoms with E-state index < -0.39 is 5.91 Å². The minimum absolute atomic E-state index is 0.100. The van der Waals surface area contributed by atoms with E-state index in [1.807, 2.05) is 30.3 Å². The normalized spacial score (nSPS) is 10.3. The molecule has 1 heterocycles. The van der Waals surface area contributed by atoms with Crippen molar-refractivity contribution in [1.29, 1.82) is 0 Å². The van der Waals surface area contributed by atoms with Gasteiger partial charge in [0.1, 0.15) is 5.69 Å². The Balaban J connectivity index is 2.44. The molecule has 0 saturated carbocycles. The van der Waals surface area contributed by atoms with Gasteiger partial charge in [0.2, 0.25) is 0 Å². The lowest BCUT2D eigenvalue weighted by molar-refractivity contribution is 0.0993. The van der Waals surface area contributed by atoms with Gasteiger partial charge in [-0.2, -0.15) is 5.10 Å². The highest BCUT2D eigenvalue weighted by molar-refractivity contribution is 5.90. The predicted octanol–water partition coefficient (Wildman–Crippen LogP) is 0.699. The van der Waals surface area contributed by atoms with E-state index in [0.717, 1.165) is 5.56 Å². The zero-order valence-corrected chi connectivity index (χ0v) is 9.96. The van der Waals surface area contributed by atoms with Crippen LogP contribution in [0.2, 0.25) is 0 Å². The van der Waals surface area contributed by atoms with Crippen LogP contribution in [0.15, 0.2) is 41.2 Å². The molecule has 0 aliphatic heterocycles. The molecule has 1 aromatic carbocycles. The molecule has 0 aliphatic rings. The monoisotopic (exact) mass is 243 g/mol. The lowest BCUT2D eigenvalue weighted by atomic mass is 10.2. The second-order valence-corrected chi connectivity index (χ2v) is 4.03. The van der Waals surface area contributed by atoms with E-state index in [-0.39, 0.29) is 11.3 Å². The number of aromatic nitrogens is 2. The third-order valence-electron chi connectivity index (χ3n) is 2.58. The minimum Gasteiger partial charge on any atom is -0.364 e. The van der Waals surface area contributed by atoms with Crippen LogP contribution in [0.3, 0.4) is 0 Å². The van der Waals surface area contributed by atoms with Gasteiger partial charge in [0.15, 0.2) is 0 Å². The van der Waals surface area contributed by atoms with E-state index in [1.165, 1.54) is 10.7 Å². The number of primary amides is 1. The first-order chi connectivity index (χ1) is 8.58. The van der Waals surface area contributed by atoms with Gasteiger partial charge in [-0.05, 0) is 18.6 Å². The Morgan fingerprint density at radius 3 is 2.61 bits per heavy atom. The third kappa shape index (κ3) is 2.45. The third-order valence-corrected chi connectivity index (χ3v) is 2.58. The summed E-state index contributed by atoms with van der Waals surface area (Å²) < 4.78 is 1.25. The lowest BCUT2D eigenvalue weighted by Gasteiger charge is -2.07. The van der Waals surface area contributed by atoms with Crippen LogP contribution < -0.4 is 11.3 Å². The number of hydrogen-bond acceptors (Lipinski definition) is 3. The number of carbonyl (C=O) groups excluding carboxylic acids is 1. The number of carbonyl (C=O) groups is 1. The Labute approximate surface area is 104 Å². The molecular formula is C13H13N3O2. The van der Waals surface area contributed by atoms with Gasteiger partial charge in [0.25, 0.3) is 11.5 Å². The summed E-state index contributed by atoms with van der Waals surface area (Å²) in [5.41, 5.74) is 6.45. The Kier molecular flexibility index (Phi) is 3.23. The molecule has 2 rings (SSSR count). The summed E-state index contributed by atoms with van der Waals surface area (Å²) in [4.78, 5) is 23.0. The number of aryl methyl sites for hydroxylation is 1. The molecule has 5 nitrogen and oxygen atoms in total. The average Bonchev–Trinajstić information content (AvgIpc) is 2.35. The fourth-order valence-electron chi connectivity index (χ4n) is 1.66. The summed E-state index contributed by atoms with van der Waals surface area (Å²) in [5, 5.41) is 3.96. The van der Waals surface area contributed by atoms with Gasteiger partial charge in [-0.15, -0.1) is 0 Å². The van der Waals surface area contributed by atoms with E-state index in [1.54, 1.807) is 6.92 Å². The Morgan fingerprint density at radius 2 is 2.00 bits per heavy atom. The maximum absolute atomic E-state index is 11.9. The number of rotatable bonds is 3. The molecule has 0 bridgehead atoms. The molecule has 2 aromatic rings. The molecule has 92 valence electrons. The zero-order valence-electron chi connectivity index (χ0n) is 9.96. The second kappa shape index (κ2) is 4.83. The first kappa shape index (κ1) is 12.0. The van der Waals surface area contributed by atoms with Gasteiger partial charge in [-0.25, -0.2) is 4.68 Å². The summed E-state index contributed by atoms with van der Waals surface area (Å²) in [5.74, 6) is -0.639. The molecule has 0 saturated heterocycles. The molecule has 0 radical (unpaired) electrons. The number of amides is 1. The lowest BCUT2D eigenvalue weighted by Crippen LogP contribution is -2.29. The van der Waals surface area contributed by atoms with Gasteiger partial charge < -0.3 is 5.73 Å². The first-order valence-corrected chi connectivity index (χ1v) is 5.50. The Bertz CT molecular complexity index is 632. The van der Waals surface area contributed by atoms with E-state index >= 15 is 0 Å². The summed E-state index contributed by atoms with van der Waals surface area (Å²) in [6.45, 7) is 1.96. The fraction of sp³-hybridized carbons (Fsp3) is 0.154. The minimum atomic E-state index is -0.639. The van der Waals surface area contributed by atoms with Crippen molar-refractivity contribution in [2.75, 3.05) is 0 Å². The van der Waals surface area contributed by atoms with E-state index in [0.29, 0.717) is 12.1 Å². The van der Waals surface area contributed by atoms with E-state index in [2.05, 4.69) is 5.10 Å². The van der Waals surface area contributed by atoms with Crippen molar-refractivity contribution in [3.8, 4) is 0 Å². The molecule has 18 heavy (non-hydrogen) atoms. The molecule has 0 unspecified atom stereocenters. The Hall–Kier alpha value is -2.43. The smallest absolute Gasteiger partial charge is 0.270 e. The number of benzene rings is 1. The van der Waals surface area contributed by atoms with Crippen LogP contribution in [0.25, 0.3) is 0 Å². The van der Waals surface area contributed by atoms with Crippen LogP contribution in [0.5, 0.6) is 0 Å². The van der Waals surface area contributed by atoms with Crippen LogP contribution in [0.1, 0.15) is 21.6 Å².